The van der Waals surface area contributed by atoms with Crippen LogP contribution in [0.2, 0.25) is 0 Å². The number of nitrogens with one attached hydrogen (secondary N) is 1. The molecule has 4 nitrogen and oxygen atoms in total. The van der Waals surface area contributed by atoms with E-state index in [1.165, 1.54) is 22.9 Å². The molecule has 0 aliphatic heterocycles. The van der Waals surface area contributed by atoms with Gasteiger partial charge in [0.15, 0.2) is 0 Å². The molecule has 0 aliphatic rings. The van der Waals surface area contributed by atoms with Crippen molar-refractivity contribution in [2.75, 3.05) is 0 Å². The van der Waals surface area contributed by atoms with Gasteiger partial charge in [0.25, 0.3) is 0 Å². The summed E-state index contributed by atoms with van der Waals surface area (Å²) < 4.78 is 8.22. The largest absolute Gasteiger partial charge is 0.271 e. The Morgan fingerprint density at radius 3 is 2.50 bits per heavy atom. The van der Waals surface area contributed by atoms with Crippen LogP contribution in [0.1, 0.15) is 42.6 Å². The smallest absolute Gasteiger partial charge is 0.0929 e. The van der Waals surface area contributed by atoms with Crippen molar-refractivity contribution in [2.45, 2.75) is 32.2 Å². The first kappa shape index (κ1) is 13.1. The summed E-state index contributed by atoms with van der Waals surface area (Å²) in [4.78, 5) is 0. The van der Waals surface area contributed by atoms with Crippen LogP contribution in [-0.2, 0) is 6.42 Å². The maximum absolute atomic E-state index is 5.58. The van der Waals surface area contributed by atoms with E-state index in [1.54, 1.807) is 6.20 Å². The Hall–Kier alpha value is -1.30. The zero-order chi connectivity index (χ0) is 13.0. The Balaban J connectivity index is 2.08. The highest BCUT2D eigenvalue weighted by Crippen LogP contribution is 2.19. The van der Waals surface area contributed by atoms with Crippen molar-refractivity contribution in [3.63, 3.8) is 0 Å². The van der Waals surface area contributed by atoms with E-state index in [-0.39, 0.29) is 6.04 Å². The lowest BCUT2D eigenvalue weighted by Gasteiger charge is -2.13. The van der Waals surface area contributed by atoms with Gasteiger partial charge in [0.1, 0.15) is 0 Å². The van der Waals surface area contributed by atoms with Gasteiger partial charge in [0.2, 0.25) is 0 Å². The molecule has 96 valence electrons. The average molecular weight is 262 g/mol. The van der Waals surface area contributed by atoms with Crippen LogP contribution >= 0.6 is 11.7 Å². The lowest BCUT2D eigenvalue weighted by atomic mass is 9.98. The van der Waals surface area contributed by atoms with Crippen molar-refractivity contribution in [3.05, 3.63) is 47.3 Å². The van der Waals surface area contributed by atoms with Gasteiger partial charge < -0.3 is 0 Å². The van der Waals surface area contributed by atoms with Gasteiger partial charge in [-0.3, -0.25) is 11.3 Å². The monoisotopic (exact) mass is 262 g/mol. The summed E-state index contributed by atoms with van der Waals surface area (Å²) in [6.07, 6.45) is 2.58. The van der Waals surface area contributed by atoms with E-state index in [4.69, 9.17) is 5.84 Å². The molecule has 3 N–H and O–H groups in total. The summed E-state index contributed by atoms with van der Waals surface area (Å²) in [5.74, 6) is 6.14. The summed E-state index contributed by atoms with van der Waals surface area (Å²) in [6.45, 7) is 4.39. The molecule has 0 bridgehead atoms. The van der Waals surface area contributed by atoms with Gasteiger partial charge >= 0.3 is 0 Å². The number of nitrogens with zero attached hydrogens (tertiary/aromatic N) is 2. The van der Waals surface area contributed by atoms with E-state index < -0.39 is 0 Å². The number of hydrazine groups is 1. The fourth-order valence-electron chi connectivity index (χ4n) is 1.85. The van der Waals surface area contributed by atoms with Crippen LogP contribution in [0.5, 0.6) is 0 Å². The van der Waals surface area contributed by atoms with Crippen LogP contribution in [0, 0.1) is 0 Å². The van der Waals surface area contributed by atoms with E-state index in [1.807, 2.05) is 0 Å². The third-order valence-corrected chi connectivity index (χ3v) is 3.51. The maximum Gasteiger partial charge on any atom is 0.0929 e. The molecule has 0 saturated heterocycles. The third-order valence-electron chi connectivity index (χ3n) is 3.02. The topological polar surface area (TPSA) is 63.8 Å². The van der Waals surface area contributed by atoms with Crippen molar-refractivity contribution >= 4 is 11.7 Å². The second-order valence-electron chi connectivity index (χ2n) is 4.65. The minimum absolute atomic E-state index is 0.0219. The van der Waals surface area contributed by atoms with E-state index in [9.17, 15) is 0 Å². The number of hydrogen-bond donors (Lipinski definition) is 2. The normalized spacial score (nSPS) is 12.9. The molecule has 0 spiro atoms. The van der Waals surface area contributed by atoms with Crippen molar-refractivity contribution in [1.29, 1.82) is 0 Å². The molecule has 1 heterocycles. The fraction of sp³-hybridized carbons (Fsp3) is 0.385. The lowest BCUT2D eigenvalue weighted by Crippen LogP contribution is -2.29. The maximum atomic E-state index is 5.58. The van der Waals surface area contributed by atoms with E-state index in [2.05, 4.69) is 52.3 Å². The summed E-state index contributed by atoms with van der Waals surface area (Å²) in [6, 6.07) is 8.67. The van der Waals surface area contributed by atoms with Gasteiger partial charge in [0.05, 0.1) is 29.7 Å². The van der Waals surface area contributed by atoms with Gasteiger partial charge in [-0.15, -0.1) is 0 Å². The molecule has 5 heteroatoms. The lowest BCUT2D eigenvalue weighted by molar-refractivity contribution is 0.542. The van der Waals surface area contributed by atoms with Crippen LogP contribution in [0.15, 0.2) is 30.5 Å². The molecule has 0 radical (unpaired) electrons. The van der Waals surface area contributed by atoms with E-state index in [0.29, 0.717) is 5.92 Å². The molecule has 0 fully saturated rings. The van der Waals surface area contributed by atoms with Crippen molar-refractivity contribution in [1.82, 2.24) is 14.2 Å². The van der Waals surface area contributed by atoms with Crippen LogP contribution in [0.25, 0.3) is 0 Å². The first-order chi connectivity index (χ1) is 8.70. The first-order valence-electron chi connectivity index (χ1n) is 6.03. The first-order valence-corrected chi connectivity index (χ1v) is 6.76. The van der Waals surface area contributed by atoms with Crippen molar-refractivity contribution < 1.29 is 0 Å². The Bertz CT molecular complexity index is 464. The molecule has 1 aromatic carbocycles. The molecular formula is C13H18N4S. The van der Waals surface area contributed by atoms with Crippen LogP contribution < -0.4 is 11.3 Å². The number of benzene rings is 1. The van der Waals surface area contributed by atoms with Gasteiger partial charge in [-0.05, 0) is 23.5 Å². The summed E-state index contributed by atoms with van der Waals surface area (Å²) in [7, 11) is 0. The second-order valence-corrected chi connectivity index (χ2v) is 5.21. The fourth-order valence-corrected chi connectivity index (χ4v) is 2.32. The molecule has 1 unspecified atom stereocenters. The average Bonchev–Trinajstić information content (AvgIpc) is 2.90. The Labute approximate surface area is 112 Å². The van der Waals surface area contributed by atoms with Crippen LogP contribution in [0.3, 0.4) is 0 Å². The predicted octanol–water partition coefficient (Wildman–Crippen LogP) is 2.41. The molecule has 1 atom stereocenters. The standard InChI is InChI=1S/C13H18N4S/c1-9(2)11-5-3-10(4-6-11)7-12(16-14)13-8-15-18-17-13/h3-6,8-9,12,16H,7,14H2,1-2H3. The molecule has 18 heavy (non-hydrogen) atoms. The molecule has 0 amide bonds. The van der Waals surface area contributed by atoms with Crippen LogP contribution in [-0.4, -0.2) is 8.75 Å². The number of nitrogens with two attached hydrogens (primary N) is 1. The molecule has 2 rings (SSSR count). The zero-order valence-corrected chi connectivity index (χ0v) is 11.4. The van der Waals surface area contributed by atoms with Gasteiger partial charge in [-0.25, -0.2) is 0 Å². The Morgan fingerprint density at radius 1 is 1.28 bits per heavy atom. The van der Waals surface area contributed by atoms with Crippen molar-refractivity contribution in [3.8, 4) is 0 Å². The van der Waals surface area contributed by atoms with Gasteiger partial charge in [-0.1, -0.05) is 38.1 Å². The molecule has 0 aliphatic carbocycles. The summed E-state index contributed by atoms with van der Waals surface area (Å²) in [5, 5.41) is 0. The SMILES string of the molecule is CC(C)c1ccc(CC(NN)c2cnsn2)cc1. The van der Waals surface area contributed by atoms with Crippen molar-refractivity contribution in [2.24, 2.45) is 5.84 Å². The van der Waals surface area contributed by atoms with Gasteiger partial charge in [-0.2, -0.15) is 8.75 Å². The summed E-state index contributed by atoms with van der Waals surface area (Å²) >= 11 is 1.20. The zero-order valence-electron chi connectivity index (χ0n) is 10.6. The highest BCUT2D eigenvalue weighted by molar-refractivity contribution is 6.99. The molecule has 0 saturated carbocycles. The minimum atomic E-state index is 0.0219. The number of hydrogen-bond acceptors (Lipinski definition) is 5. The highest BCUT2D eigenvalue weighted by Gasteiger charge is 2.13. The predicted molar refractivity (Wildman–Crippen MR) is 74.2 cm³/mol. The highest BCUT2D eigenvalue weighted by atomic mass is 32.1. The van der Waals surface area contributed by atoms with Crippen LogP contribution in [0.4, 0.5) is 0 Å². The molecular weight excluding hydrogens is 244 g/mol. The van der Waals surface area contributed by atoms with E-state index >= 15 is 0 Å². The second kappa shape index (κ2) is 6.04. The Morgan fingerprint density at radius 2 is 2.00 bits per heavy atom. The number of rotatable bonds is 5. The molecule has 2 aromatic rings. The van der Waals surface area contributed by atoms with E-state index in [0.717, 1.165) is 12.1 Å². The quantitative estimate of drug-likeness (QED) is 0.641. The summed E-state index contributed by atoms with van der Waals surface area (Å²) in [5.41, 5.74) is 6.29. The Kier molecular flexibility index (Phi) is 4.41. The molecule has 1 aromatic heterocycles. The third kappa shape index (κ3) is 3.13. The minimum Gasteiger partial charge on any atom is -0.271 e. The van der Waals surface area contributed by atoms with Gasteiger partial charge in [0, 0.05) is 0 Å². The number of aromatic nitrogens is 2.